The molecule has 6 heteroatoms. The summed E-state index contributed by atoms with van der Waals surface area (Å²) < 4.78 is 8.05. The molecular weight excluding hydrogens is 392 g/mol. The van der Waals surface area contributed by atoms with Crippen molar-refractivity contribution in [3.63, 3.8) is 0 Å². The molecule has 0 bridgehead atoms. The smallest absolute Gasteiger partial charge is 0.341 e. The first-order chi connectivity index (χ1) is 14.8. The fourth-order valence-electron chi connectivity index (χ4n) is 4.84. The van der Waals surface area contributed by atoms with E-state index in [1.54, 1.807) is 6.20 Å². The minimum atomic E-state index is -1.20. The zero-order valence-electron chi connectivity index (χ0n) is 17.8. The summed E-state index contributed by atoms with van der Waals surface area (Å²) in [4.78, 5) is 28.6. The van der Waals surface area contributed by atoms with Gasteiger partial charge in [0.1, 0.15) is 11.3 Å². The van der Waals surface area contributed by atoms with Crippen molar-refractivity contribution in [1.29, 1.82) is 0 Å². The molecule has 1 N–H and O–H groups in total. The lowest BCUT2D eigenvalue weighted by Gasteiger charge is -2.39. The lowest BCUT2D eigenvalue weighted by molar-refractivity contribution is 0.0693. The Balaban J connectivity index is 1.83. The average Bonchev–Trinajstić information content (AvgIpc) is 3.22. The Bertz CT molecular complexity index is 1270. The van der Waals surface area contributed by atoms with E-state index in [1.165, 1.54) is 23.4 Å². The quantitative estimate of drug-likeness (QED) is 0.672. The van der Waals surface area contributed by atoms with Gasteiger partial charge in [-0.25, -0.2) is 4.79 Å². The second-order valence-electron chi connectivity index (χ2n) is 9.33. The summed E-state index contributed by atoms with van der Waals surface area (Å²) in [6, 6.07) is 7.46. The summed E-state index contributed by atoms with van der Waals surface area (Å²) in [5.41, 5.74) is 5.22. The van der Waals surface area contributed by atoms with E-state index in [0.717, 1.165) is 41.0 Å². The molecule has 0 radical (unpaired) electrons. The molecule has 2 aromatic heterocycles. The number of carbonyl (C=O) groups is 1. The predicted molar refractivity (Wildman–Crippen MR) is 118 cm³/mol. The third-order valence-corrected chi connectivity index (χ3v) is 6.39. The maximum Gasteiger partial charge on any atom is 0.341 e. The van der Waals surface area contributed by atoms with Crippen LogP contribution in [0.15, 0.2) is 47.7 Å². The molecule has 0 amide bonds. The van der Waals surface area contributed by atoms with Crippen LogP contribution in [0.25, 0.3) is 22.4 Å². The highest BCUT2D eigenvalue weighted by atomic mass is 16.5. The molecule has 2 aliphatic heterocycles. The summed E-state index contributed by atoms with van der Waals surface area (Å²) >= 11 is 0. The number of benzene rings is 1. The molecule has 158 valence electrons. The number of ether oxygens (including phenoxy) is 1. The van der Waals surface area contributed by atoms with Crippen LogP contribution in [-0.2, 0) is 12.8 Å². The van der Waals surface area contributed by atoms with Crippen LogP contribution in [0, 0.1) is 5.41 Å². The van der Waals surface area contributed by atoms with E-state index in [0.29, 0.717) is 6.61 Å². The normalized spacial score (nSPS) is 16.8. The first-order valence-electron chi connectivity index (χ1n) is 10.5. The molecule has 6 nitrogen and oxygen atoms in total. The Kier molecular flexibility index (Phi) is 4.29. The van der Waals surface area contributed by atoms with Crippen molar-refractivity contribution in [1.82, 2.24) is 9.55 Å². The van der Waals surface area contributed by atoms with Crippen molar-refractivity contribution in [3.05, 3.63) is 69.8 Å². The van der Waals surface area contributed by atoms with Crippen LogP contribution in [0.3, 0.4) is 0 Å². The van der Waals surface area contributed by atoms with Gasteiger partial charge in [-0.3, -0.25) is 9.78 Å². The van der Waals surface area contributed by atoms with Crippen LogP contribution < -0.4 is 10.2 Å². The summed E-state index contributed by atoms with van der Waals surface area (Å²) in [7, 11) is 0. The molecule has 0 spiro atoms. The summed E-state index contributed by atoms with van der Waals surface area (Å²) in [6.45, 7) is 7.06. The molecule has 0 fully saturated rings. The third kappa shape index (κ3) is 3.05. The number of pyridine rings is 2. The van der Waals surface area contributed by atoms with Gasteiger partial charge in [0.25, 0.3) is 0 Å². The fraction of sp³-hybridized carbons (Fsp3) is 0.320. The summed E-state index contributed by atoms with van der Waals surface area (Å²) in [6.07, 6.45) is 6.64. The second-order valence-corrected chi connectivity index (χ2v) is 9.33. The zero-order chi connectivity index (χ0) is 21.9. The van der Waals surface area contributed by atoms with Crippen LogP contribution in [0.5, 0.6) is 5.75 Å². The highest BCUT2D eigenvalue weighted by Gasteiger charge is 2.36. The number of rotatable bonds is 2. The highest BCUT2D eigenvalue weighted by Crippen LogP contribution is 2.49. The van der Waals surface area contributed by atoms with E-state index < -0.39 is 11.4 Å². The molecule has 31 heavy (non-hydrogen) atoms. The van der Waals surface area contributed by atoms with E-state index >= 15 is 0 Å². The average molecular weight is 416 g/mol. The number of hydrogen-bond donors (Lipinski definition) is 1. The van der Waals surface area contributed by atoms with E-state index in [-0.39, 0.29) is 17.0 Å². The number of hydrogen-bond acceptors (Lipinski definition) is 4. The monoisotopic (exact) mass is 416 g/mol. The van der Waals surface area contributed by atoms with Crippen molar-refractivity contribution in [2.45, 2.75) is 39.7 Å². The van der Waals surface area contributed by atoms with Crippen molar-refractivity contribution in [2.24, 2.45) is 5.41 Å². The van der Waals surface area contributed by atoms with Crippen molar-refractivity contribution < 1.29 is 14.6 Å². The van der Waals surface area contributed by atoms with Crippen LogP contribution in [0.1, 0.15) is 48.3 Å². The lowest BCUT2D eigenvalue weighted by Crippen LogP contribution is -2.33. The topological polar surface area (TPSA) is 81.4 Å². The van der Waals surface area contributed by atoms with Crippen molar-refractivity contribution in [2.75, 3.05) is 6.61 Å². The highest BCUT2D eigenvalue weighted by molar-refractivity contribution is 5.88. The van der Waals surface area contributed by atoms with Gasteiger partial charge in [0, 0.05) is 59.4 Å². The molecule has 1 aromatic carbocycles. The Morgan fingerprint density at radius 1 is 1.23 bits per heavy atom. The standard InChI is InChI=1S/C25H24N2O4/c1-25(2,3)22-10-17-15-6-8-31-23(15)16(14-5-4-7-26-12-14)9-18(17)20-11-21(28)19(24(29)30)13-27(20)22/h4-5,7,9,11-13,22H,6,8,10H2,1-3H3,(H,29,30)/t22-/m0/s1. The Morgan fingerprint density at radius 3 is 2.71 bits per heavy atom. The second kappa shape index (κ2) is 6.80. The minimum absolute atomic E-state index is 0.0163. The van der Waals surface area contributed by atoms with Gasteiger partial charge in [-0.15, -0.1) is 0 Å². The van der Waals surface area contributed by atoms with E-state index in [4.69, 9.17) is 4.74 Å². The maximum absolute atomic E-state index is 12.7. The fourth-order valence-corrected chi connectivity index (χ4v) is 4.84. The Labute approximate surface area is 180 Å². The van der Waals surface area contributed by atoms with E-state index in [2.05, 4.69) is 31.8 Å². The Hall–Kier alpha value is -3.41. The number of carboxylic acids is 1. The molecule has 2 aliphatic rings. The van der Waals surface area contributed by atoms with Crippen LogP contribution >= 0.6 is 0 Å². The van der Waals surface area contributed by atoms with Crippen LogP contribution in [0.2, 0.25) is 0 Å². The number of carboxylic acid groups (broad SMARTS) is 1. The summed E-state index contributed by atoms with van der Waals surface area (Å²) in [5, 5.41) is 9.53. The molecule has 0 saturated carbocycles. The van der Waals surface area contributed by atoms with Gasteiger partial charge in [0.15, 0.2) is 5.43 Å². The Morgan fingerprint density at radius 2 is 2.03 bits per heavy atom. The van der Waals surface area contributed by atoms with Gasteiger partial charge in [0.2, 0.25) is 0 Å². The maximum atomic E-state index is 12.7. The number of nitrogens with zero attached hydrogens (tertiary/aromatic N) is 2. The lowest BCUT2D eigenvalue weighted by atomic mass is 9.76. The SMILES string of the molecule is CC(C)(C)[C@@H]1Cc2c(cc(-c3cccnc3)c3c2CCO3)-c2cc(=O)c(C(=O)O)cn21. The van der Waals surface area contributed by atoms with Crippen molar-refractivity contribution in [3.8, 4) is 28.1 Å². The first-order valence-corrected chi connectivity index (χ1v) is 10.5. The van der Waals surface area contributed by atoms with Gasteiger partial charge < -0.3 is 14.4 Å². The number of fused-ring (bicyclic) bond motifs is 5. The minimum Gasteiger partial charge on any atom is -0.492 e. The molecular formula is C25H24N2O4. The predicted octanol–water partition coefficient (Wildman–Crippen LogP) is 4.35. The van der Waals surface area contributed by atoms with Crippen LogP contribution in [-0.4, -0.2) is 27.2 Å². The van der Waals surface area contributed by atoms with E-state index in [1.807, 2.05) is 22.9 Å². The largest absolute Gasteiger partial charge is 0.492 e. The molecule has 0 aliphatic carbocycles. The molecule has 3 aromatic rings. The number of aromatic nitrogens is 2. The van der Waals surface area contributed by atoms with Crippen LogP contribution in [0.4, 0.5) is 0 Å². The van der Waals surface area contributed by atoms with Gasteiger partial charge in [-0.2, -0.15) is 0 Å². The third-order valence-electron chi connectivity index (χ3n) is 6.39. The number of aromatic carboxylic acids is 1. The van der Waals surface area contributed by atoms with Gasteiger partial charge in [0.05, 0.1) is 12.3 Å². The molecule has 0 saturated heterocycles. The van der Waals surface area contributed by atoms with E-state index in [9.17, 15) is 14.7 Å². The molecule has 4 heterocycles. The molecule has 1 atom stereocenters. The van der Waals surface area contributed by atoms with Gasteiger partial charge in [-0.1, -0.05) is 26.8 Å². The first kappa shape index (κ1) is 19.5. The molecule has 0 unspecified atom stereocenters. The van der Waals surface area contributed by atoms with Gasteiger partial charge >= 0.3 is 5.97 Å². The van der Waals surface area contributed by atoms with Crippen molar-refractivity contribution >= 4 is 5.97 Å². The van der Waals surface area contributed by atoms with Gasteiger partial charge in [-0.05, 0) is 29.5 Å². The zero-order valence-corrected chi connectivity index (χ0v) is 17.8. The summed E-state index contributed by atoms with van der Waals surface area (Å²) in [5.74, 6) is -0.297. The molecule has 5 rings (SSSR count).